The van der Waals surface area contributed by atoms with Crippen LogP contribution in [0.25, 0.3) is 0 Å². The molecule has 7 heteroatoms. The highest BCUT2D eigenvalue weighted by Crippen LogP contribution is 2.25. The van der Waals surface area contributed by atoms with Crippen molar-refractivity contribution >= 4 is 38.9 Å². The second-order valence-corrected chi connectivity index (χ2v) is 6.33. The van der Waals surface area contributed by atoms with Gasteiger partial charge in [0.05, 0.1) is 23.7 Å². The van der Waals surface area contributed by atoms with Crippen LogP contribution in [0.4, 0.5) is 14.5 Å². The summed E-state index contributed by atoms with van der Waals surface area (Å²) in [5.74, 6) is -1.60. The lowest BCUT2D eigenvalue weighted by molar-refractivity contribution is -0.139. The van der Waals surface area contributed by atoms with Crippen LogP contribution < -0.4 is 5.32 Å². The fourth-order valence-electron chi connectivity index (χ4n) is 1.67. The Kier molecular flexibility index (Phi) is 5.30. The fraction of sp³-hybridized carbons (Fsp3) is 0.214. The quantitative estimate of drug-likeness (QED) is 0.630. The molecule has 3 nitrogen and oxygen atoms in total. The van der Waals surface area contributed by atoms with Crippen LogP contribution in [-0.2, 0) is 22.5 Å². The molecular formula is C14H12BrF2NO2S. The van der Waals surface area contributed by atoms with Crippen molar-refractivity contribution in [3.05, 3.63) is 50.1 Å². The SMILES string of the molecule is COC(=O)Cc1ccc(CNc2cc(Br)c(F)cc2F)s1. The fourth-order valence-corrected chi connectivity index (χ4v) is 2.95. The van der Waals surface area contributed by atoms with Gasteiger partial charge in [-0.2, -0.15) is 0 Å². The van der Waals surface area contributed by atoms with Gasteiger partial charge in [0, 0.05) is 22.4 Å². The van der Waals surface area contributed by atoms with Crippen LogP contribution in [0.5, 0.6) is 0 Å². The van der Waals surface area contributed by atoms with Crippen LogP contribution in [0.3, 0.4) is 0 Å². The van der Waals surface area contributed by atoms with Crippen molar-refractivity contribution in [2.75, 3.05) is 12.4 Å². The maximum absolute atomic E-state index is 13.6. The Morgan fingerprint density at radius 3 is 2.71 bits per heavy atom. The number of carbonyl (C=O) groups excluding carboxylic acids is 1. The van der Waals surface area contributed by atoms with Gasteiger partial charge >= 0.3 is 5.97 Å². The van der Waals surface area contributed by atoms with Crippen LogP contribution in [0.2, 0.25) is 0 Å². The third-order valence-electron chi connectivity index (χ3n) is 2.73. The van der Waals surface area contributed by atoms with E-state index in [1.165, 1.54) is 24.5 Å². The molecule has 0 aliphatic rings. The van der Waals surface area contributed by atoms with E-state index in [1.807, 2.05) is 12.1 Å². The zero-order valence-electron chi connectivity index (χ0n) is 11.1. The molecule has 0 aliphatic heterocycles. The number of rotatable bonds is 5. The minimum atomic E-state index is -0.651. The van der Waals surface area contributed by atoms with Gasteiger partial charge in [-0.3, -0.25) is 4.79 Å². The van der Waals surface area contributed by atoms with Gasteiger partial charge in [0.15, 0.2) is 0 Å². The molecule has 1 aromatic carbocycles. The molecule has 112 valence electrons. The largest absolute Gasteiger partial charge is 0.469 e. The molecular weight excluding hydrogens is 364 g/mol. The molecule has 2 rings (SSSR count). The predicted octanol–water partition coefficient (Wildman–Crippen LogP) is 4.12. The van der Waals surface area contributed by atoms with Crippen molar-refractivity contribution in [2.45, 2.75) is 13.0 Å². The van der Waals surface area contributed by atoms with Crippen molar-refractivity contribution in [2.24, 2.45) is 0 Å². The Balaban J connectivity index is 2.00. The molecule has 0 atom stereocenters. The number of carbonyl (C=O) groups is 1. The van der Waals surface area contributed by atoms with Crippen LogP contribution in [0, 0.1) is 11.6 Å². The average Bonchev–Trinajstić information content (AvgIpc) is 2.88. The van der Waals surface area contributed by atoms with Gasteiger partial charge < -0.3 is 10.1 Å². The molecule has 0 bridgehead atoms. The number of nitrogens with one attached hydrogen (secondary N) is 1. The van der Waals surface area contributed by atoms with Crippen molar-refractivity contribution in [1.29, 1.82) is 0 Å². The van der Waals surface area contributed by atoms with Gasteiger partial charge in [0.2, 0.25) is 0 Å². The number of benzene rings is 1. The molecule has 0 fully saturated rings. The lowest BCUT2D eigenvalue weighted by atomic mass is 10.3. The molecule has 0 radical (unpaired) electrons. The standard InChI is InChI=1S/C14H12BrF2NO2S/c1-20-14(19)4-8-2-3-9(21-8)7-18-13-5-10(15)11(16)6-12(13)17/h2-3,5-6,18H,4,7H2,1H3. The smallest absolute Gasteiger partial charge is 0.310 e. The Hall–Kier alpha value is -1.47. The summed E-state index contributed by atoms with van der Waals surface area (Å²) < 4.78 is 31.5. The monoisotopic (exact) mass is 375 g/mol. The topological polar surface area (TPSA) is 38.3 Å². The molecule has 21 heavy (non-hydrogen) atoms. The zero-order valence-corrected chi connectivity index (χ0v) is 13.5. The second-order valence-electron chi connectivity index (χ2n) is 4.22. The van der Waals surface area contributed by atoms with Gasteiger partial charge in [0.1, 0.15) is 11.6 Å². The van der Waals surface area contributed by atoms with E-state index in [9.17, 15) is 13.6 Å². The first-order chi connectivity index (χ1) is 9.99. The summed E-state index contributed by atoms with van der Waals surface area (Å²) in [5.41, 5.74) is 0.214. The lowest BCUT2D eigenvalue weighted by Crippen LogP contribution is -2.02. The Labute approximate surface area is 133 Å². The molecule has 1 aromatic heterocycles. The predicted molar refractivity (Wildman–Crippen MR) is 81.4 cm³/mol. The molecule has 0 saturated heterocycles. The Morgan fingerprint density at radius 1 is 1.29 bits per heavy atom. The van der Waals surface area contributed by atoms with Gasteiger partial charge in [0.25, 0.3) is 0 Å². The highest BCUT2D eigenvalue weighted by molar-refractivity contribution is 9.10. The van der Waals surface area contributed by atoms with E-state index < -0.39 is 11.6 Å². The van der Waals surface area contributed by atoms with E-state index in [0.29, 0.717) is 6.54 Å². The molecule has 1 N–H and O–H groups in total. The van der Waals surface area contributed by atoms with Crippen LogP contribution in [0.15, 0.2) is 28.7 Å². The molecule has 0 saturated carbocycles. The van der Waals surface area contributed by atoms with Crippen LogP contribution in [-0.4, -0.2) is 13.1 Å². The number of thiophene rings is 1. The highest BCUT2D eigenvalue weighted by Gasteiger charge is 2.09. The first-order valence-corrected chi connectivity index (χ1v) is 7.63. The zero-order chi connectivity index (χ0) is 15.4. The van der Waals surface area contributed by atoms with Gasteiger partial charge in [-0.1, -0.05) is 0 Å². The summed E-state index contributed by atoms with van der Waals surface area (Å²) in [7, 11) is 1.34. The molecule has 1 heterocycles. The number of hydrogen-bond acceptors (Lipinski definition) is 4. The van der Waals surface area contributed by atoms with Crippen molar-refractivity contribution in [3.63, 3.8) is 0 Å². The van der Waals surface area contributed by atoms with E-state index in [2.05, 4.69) is 26.0 Å². The Bertz CT molecular complexity index is 660. The van der Waals surface area contributed by atoms with Crippen LogP contribution in [0.1, 0.15) is 9.75 Å². The first-order valence-electron chi connectivity index (χ1n) is 6.02. The molecule has 0 amide bonds. The minimum absolute atomic E-state index is 0.198. The number of anilines is 1. The van der Waals surface area contributed by atoms with E-state index >= 15 is 0 Å². The lowest BCUT2D eigenvalue weighted by Gasteiger charge is -2.07. The van der Waals surface area contributed by atoms with E-state index in [0.717, 1.165) is 15.8 Å². The van der Waals surface area contributed by atoms with Gasteiger partial charge in [-0.15, -0.1) is 11.3 Å². The van der Waals surface area contributed by atoms with Gasteiger partial charge in [-0.05, 0) is 34.1 Å². The normalized spacial score (nSPS) is 10.5. The number of methoxy groups -OCH3 is 1. The maximum Gasteiger partial charge on any atom is 0.310 e. The van der Waals surface area contributed by atoms with Crippen molar-refractivity contribution in [3.8, 4) is 0 Å². The average molecular weight is 376 g/mol. The van der Waals surface area contributed by atoms with Crippen molar-refractivity contribution < 1.29 is 18.3 Å². The summed E-state index contributed by atoms with van der Waals surface area (Å²) in [6.45, 7) is 0.390. The summed E-state index contributed by atoms with van der Waals surface area (Å²) in [6, 6.07) is 5.86. The highest BCUT2D eigenvalue weighted by atomic mass is 79.9. The number of hydrogen-bond donors (Lipinski definition) is 1. The molecule has 0 unspecified atom stereocenters. The number of esters is 1. The summed E-state index contributed by atoms with van der Waals surface area (Å²) in [4.78, 5) is 13.0. The third kappa shape index (κ3) is 4.25. The third-order valence-corrected chi connectivity index (χ3v) is 4.42. The molecule has 2 aromatic rings. The maximum atomic E-state index is 13.6. The minimum Gasteiger partial charge on any atom is -0.469 e. The summed E-state index contributed by atoms with van der Waals surface area (Å²) >= 11 is 4.45. The van der Waals surface area contributed by atoms with Crippen LogP contribution >= 0.6 is 27.3 Å². The molecule has 0 spiro atoms. The summed E-state index contributed by atoms with van der Waals surface area (Å²) in [6.07, 6.45) is 0.220. The van der Waals surface area contributed by atoms with E-state index in [1.54, 1.807) is 0 Å². The number of halogens is 3. The Morgan fingerprint density at radius 2 is 2.00 bits per heavy atom. The van der Waals surface area contributed by atoms with Crippen molar-refractivity contribution in [1.82, 2.24) is 0 Å². The van der Waals surface area contributed by atoms with Gasteiger partial charge in [-0.25, -0.2) is 8.78 Å². The number of ether oxygens (including phenoxy) is 1. The first kappa shape index (κ1) is 15.9. The molecule has 0 aliphatic carbocycles. The van der Waals surface area contributed by atoms with E-state index in [-0.39, 0.29) is 22.6 Å². The second kappa shape index (κ2) is 7.00. The summed E-state index contributed by atoms with van der Waals surface area (Å²) in [5, 5.41) is 2.90. The van der Waals surface area contributed by atoms with E-state index in [4.69, 9.17) is 0 Å².